The fraction of sp³-hybridized carbons (Fsp3) is 0.433. The first-order valence-electron chi connectivity index (χ1n) is 13.8. The predicted molar refractivity (Wildman–Crippen MR) is 150 cm³/mol. The van der Waals surface area contributed by atoms with E-state index in [2.05, 4.69) is 25.9 Å². The highest BCUT2D eigenvalue weighted by Crippen LogP contribution is 2.37. The number of aromatic amines is 1. The number of rotatable bonds is 8. The van der Waals surface area contributed by atoms with Gasteiger partial charge in [0.15, 0.2) is 11.5 Å². The van der Waals surface area contributed by atoms with E-state index < -0.39 is 0 Å². The van der Waals surface area contributed by atoms with E-state index in [0.717, 1.165) is 66.5 Å². The fourth-order valence-electron chi connectivity index (χ4n) is 5.61. The van der Waals surface area contributed by atoms with Crippen molar-refractivity contribution < 1.29 is 19.0 Å². The quantitative estimate of drug-likeness (QED) is 0.346. The molecule has 2 aliphatic heterocycles. The molecule has 2 aromatic carbocycles. The van der Waals surface area contributed by atoms with Crippen LogP contribution >= 0.6 is 0 Å². The number of amides is 1. The number of carbonyl (C=O) groups is 1. The Morgan fingerprint density at radius 3 is 2.64 bits per heavy atom. The molecule has 9 heteroatoms. The average Bonchev–Trinajstić information content (AvgIpc) is 3.60. The van der Waals surface area contributed by atoms with E-state index in [1.807, 2.05) is 42.2 Å². The molecule has 39 heavy (non-hydrogen) atoms. The van der Waals surface area contributed by atoms with Gasteiger partial charge in [0.05, 0.1) is 31.2 Å². The zero-order valence-corrected chi connectivity index (χ0v) is 22.6. The molecular weight excluding hydrogens is 494 g/mol. The zero-order chi connectivity index (χ0) is 26.8. The number of likely N-dealkylation sites (tertiary alicyclic amines) is 2. The number of fused-ring (bicyclic) bond motifs is 2. The Morgan fingerprint density at radius 1 is 1.03 bits per heavy atom. The Labute approximate surface area is 228 Å². The summed E-state index contributed by atoms with van der Waals surface area (Å²) in [6.45, 7) is 6.83. The first kappa shape index (κ1) is 25.4. The molecule has 2 aliphatic rings. The number of methoxy groups -OCH3 is 1. The maximum atomic E-state index is 12.7. The SMILES string of the molecule is COc1cc2c(Oc3ccc4[nH]c(C)cc4c3)ncnc2cc1OCC1CCN(C(=O)CN2CCCC2)CC1. The van der Waals surface area contributed by atoms with Crippen molar-refractivity contribution in [1.82, 2.24) is 24.8 Å². The molecular formula is C30H35N5O4. The summed E-state index contributed by atoms with van der Waals surface area (Å²) in [7, 11) is 1.63. The highest BCUT2D eigenvalue weighted by Gasteiger charge is 2.26. The second kappa shape index (κ2) is 11.1. The first-order chi connectivity index (χ1) is 19.1. The van der Waals surface area contributed by atoms with Crippen molar-refractivity contribution >= 4 is 27.7 Å². The van der Waals surface area contributed by atoms with Gasteiger partial charge in [-0.1, -0.05) is 0 Å². The third-order valence-electron chi connectivity index (χ3n) is 7.82. The number of benzene rings is 2. The highest BCUT2D eigenvalue weighted by molar-refractivity contribution is 5.87. The van der Waals surface area contributed by atoms with Gasteiger partial charge in [-0.2, -0.15) is 0 Å². The van der Waals surface area contributed by atoms with E-state index in [9.17, 15) is 4.79 Å². The predicted octanol–water partition coefficient (Wildman–Crippen LogP) is 4.93. The molecule has 2 saturated heterocycles. The van der Waals surface area contributed by atoms with Crippen LogP contribution in [0.4, 0.5) is 0 Å². The van der Waals surface area contributed by atoms with Crippen LogP contribution in [0.3, 0.4) is 0 Å². The van der Waals surface area contributed by atoms with Gasteiger partial charge in [0.25, 0.3) is 0 Å². The molecule has 1 N–H and O–H groups in total. The lowest BCUT2D eigenvalue weighted by Gasteiger charge is -2.33. The molecule has 2 fully saturated rings. The topological polar surface area (TPSA) is 92.8 Å². The summed E-state index contributed by atoms with van der Waals surface area (Å²) in [5, 5.41) is 1.83. The van der Waals surface area contributed by atoms with Gasteiger partial charge in [-0.25, -0.2) is 9.97 Å². The molecule has 204 valence electrons. The number of H-pyrrole nitrogens is 1. The number of hydrogen-bond acceptors (Lipinski definition) is 7. The molecule has 0 spiro atoms. The van der Waals surface area contributed by atoms with Crippen molar-refractivity contribution in [3.05, 3.63) is 48.4 Å². The number of nitrogens with one attached hydrogen (secondary N) is 1. The number of ether oxygens (including phenoxy) is 3. The van der Waals surface area contributed by atoms with Crippen molar-refractivity contribution in [3.8, 4) is 23.1 Å². The van der Waals surface area contributed by atoms with Crippen LogP contribution in [0.25, 0.3) is 21.8 Å². The Kier molecular flexibility index (Phi) is 7.24. The Bertz CT molecular complexity index is 1470. The summed E-state index contributed by atoms with van der Waals surface area (Å²) in [5.41, 5.74) is 2.88. The van der Waals surface area contributed by atoms with Crippen LogP contribution in [0, 0.1) is 12.8 Å². The lowest BCUT2D eigenvalue weighted by atomic mass is 9.97. The van der Waals surface area contributed by atoms with E-state index >= 15 is 0 Å². The van der Waals surface area contributed by atoms with Crippen LogP contribution in [0.15, 0.2) is 42.7 Å². The van der Waals surface area contributed by atoms with E-state index in [1.165, 1.54) is 19.2 Å². The molecule has 0 aliphatic carbocycles. The molecule has 0 radical (unpaired) electrons. The number of nitrogens with zero attached hydrogens (tertiary/aromatic N) is 4. The van der Waals surface area contributed by atoms with Crippen LogP contribution in [-0.2, 0) is 4.79 Å². The lowest BCUT2D eigenvalue weighted by Crippen LogP contribution is -2.44. The summed E-state index contributed by atoms with van der Waals surface area (Å²) in [5.74, 6) is 3.06. The number of carbonyl (C=O) groups excluding carboxylic acids is 1. The molecule has 0 bridgehead atoms. The average molecular weight is 530 g/mol. The molecule has 6 rings (SSSR count). The second-order valence-electron chi connectivity index (χ2n) is 10.6. The van der Waals surface area contributed by atoms with Crippen LogP contribution in [-0.4, -0.2) is 77.1 Å². The molecule has 0 atom stereocenters. The molecule has 4 aromatic rings. The summed E-state index contributed by atoms with van der Waals surface area (Å²) in [4.78, 5) is 29.1. The molecule has 1 amide bonds. The van der Waals surface area contributed by atoms with E-state index in [4.69, 9.17) is 14.2 Å². The standard InChI is InChI=1S/C30H35N5O4/c1-20-13-22-14-23(5-6-25(22)33-20)39-30-24-15-27(37-2)28(16-26(24)31-19-32-30)38-18-21-7-11-35(12-8-21)29(36)17-34-9-3-4-10-34/h5-6,13-16,19,21,33H,3-4,7-12,17-18H2,1-2H3. The third-order valence-corrected chi connectivity index (χ3v) is 7.82. The van der Waals surface area contributed by atoms with Crippen molar-refractivity contribution in [3.63, 3.8) is 0 Å². The third kappa shape index (κ3) is 5.63. The highest BCUT2D eigenvalue weighted by atomic mass is 16.5. The fourth-order valence-corrected chi connectivity index (χ4v) is 5.61. The maximum Gasteiger partial charge on any atom is 0.236 e. The van der Waals surface area contributed by atoms with Gasteiger partial charge in [0, 0.05) is 35.8 Å². The zero-order valence-electron chi connectivity index (χ0n) is 22.6. The number of aromatic nitrogens is 3. The Hall–Kier alpha value is -3.85. The molecule has 0 saturated carbocycles. The summed E-state index contributed by atoms with van der Waals surface area (Å²) < 4.78 is 18.1. The summed E-state index contributed by atoms with van der Waals surface area (Å²) in [6.07, 6.45) is 5.78. The van der Waals surface area contributed by atoms with Crippen LogP contribution in [0.2, 0.25) is 0 Å². The van der Waals surface area contributed by atoms with Crippen LogP contribution in [0.1, 0.15) is 31.4 Å². The van der Waals surface area contributed by atoms with Gasteiger partial charge >= 0.3 is 0 Å². The molecule has 4 heterocycles. The van der Waals surface area contributed by atoms with Gasteiger partial charge < -0.3 is 24.1 Å². The second-order valence-corrected chi connectivity index (χ2v) is 10.6. The molecule has 9 nitrogen and oxygen atoms in total. The van der Waals surface area contributed by atoms with E-state index in [1.54, 1.807) is 7.11 Å². The number of hydrogen-bond donors (Lipinski definition) is 1. The lowest BCUT2D eigenvalue weighted by molar-refractivity contribution is -0.133. The van der Waals surface area contributed by atoms with Gasteiger partial charge in [0.1, 0.15) is 12.1 Å². The van der Waals surface area contributed by atoms with Gasteiger partial charge in [-0.3, -0.25) is 9.69 Å². The Balaban J connectivity index is 1.11. The van der Waals surface area contributed by atoms with Crippen molar-refractivity contribution in [2.75, 3.05) is 46.4 Å². The minimum Gasteiger partial charge on any atom is -0.493 e. The summed E-state index contributed by atoms with van der Waals surface area (Å²) >= 11 is 0. The molecule has 2 aromatic heterocycles. The minimum atomic E-state index is 0.258. The Morgan fingerprint density at radius 2 is 1.85 bits per heavy atom. The van der Waals surface area contributed by atoms with Crippen LogP contribution in [0.5, 0.6) is 23.1 Å². The smallest absolute Gasteiger partial charge is 0.236 e. The normalized spacial score (nSPS) is 16.7. The van der Waals surface area contributed by atoms with Gasteiger partial charge in [-0.05, 0) is 81.9 Å². The van der Waals surface area contributed by atoms with E-state index in [0.29, 0.717) is 42.2 Å². The number of piperidine rings is 1. The minimum absolute atomic E-state index is 0.258. The van der Waals surface area contributed by atoms with Gasteiger partial charge in [0.2, 0.25) is 11.8 Å². The van der Waals surface area contributed by atoms with Crippen LogP contribution < -0.4 is 14.2 Å². The molecule has 0 unspecified atom stereocenters. The first-order valence-corrected chi connectivity index (χ1v) is 13.8. The van der Waals surface area contributed by atoms with Gasteiger partial charge in [-0.15, -0.1) is 0 Å². The van der Waals surface area contributed by atoms with E-state index in [-0.39, 0.29) is 5.91 Å². The van der Waals surface area contributed by atoms with Crippen molar-refractivity contribution in [2.45, 2.75) is 32.6 Å². The summed E-state index contributed by atoms with van der Waals surface area (Å²) in [6, 6.07) is 11.8. The monoisotopic (exact) mass is 529 g/mol. The largest absolute Gasteiger partial charge is 0.493 e. The van der Waals surface area contributed by atoms with Crippen molar-refractivity contribution in [1.29, 1.82) is 0 Å². The number of aryl methyl sites for hydroxylation is 1. The maximum absolute atomic E-state index is 12.7. The van der Waals surface area contributed by atoms with Crippen molar-refractivity contribution in [2.24, 2.45) is 5.92 Å².